The van der Waals surface area contributed by atoms with E-state index >= 15 is 0 Å². The molecule has 10 nitrogen and oxygen atoms in total. The van der Waals surface area contributed by atoms with Gasteiger partial charge >= 0.3 is 6.09 Å². The number of carbonyl (C=O) groups is 4. The van der Waals surface area contributed by atoms with Gasteiger partial charge in [-0.05, 0) is 69.7 Å². The number of carbonyl (C=O) groups excluding carboxylic acids is 4. The molecular weight excluding hydrogens is 562 g/mol. The van der Waals surface area contributed by atoms with Crippen molar-refractivity contribution in [2.45, 2.75) is 97.4 Å². The fourth-order valence-corrected chi connectivity index (χ4v) is 4.88. The summed E-state index contributed by atoms with van der Waals surface area (Å²) < 4.78 is 16.1. The highest BCUT2D eigenvalue weighted by atomic mass is 16.7. The van der Waals surface area contributed by atoms with E-state index in [1.165, 1.54) is 19.1 Å². The number of alkyl carbamates (subject to hydrolysis) is 1. The first-order valence-electron chi connectivity index (χ1n) is 15.0. The van der Waals surface area contributed by atoms with Crippen LogP contribution in [0.3, 0.4) is 0 Å². The van der Waals surface area contributed by atoms with Crippen LogP contribution in [0, 0.1) is 13.8 Å². The van der Waals surface area contributed by atoms with Gasteiger partial charge in [-0.25, -0.2) is 4.79 Å². The van der Waals surface area contributed by atoms with Gasteiger partial charge in [-0.15, -0.1) is 0 Å². The third-order valence-corrected chi connectivity index (χ3v) is 7.56. The van der Waals surface area contributed by atoms with Gasteiger partial charge in [0.15, 0.2) is 6.29 Å². The third kappa shape index (κ3) is 10.7. The van der Waals surface area contributed by atoms with Crippen LogP contribution < -0.4 is 5.32 Å². The minimum atomic E-state index is -1.27. The molecule has 0 bridgehead atoms. The highest BCUT2D eigenvalue weighted by Gasteiger charge is 2.36. The zero-order valence-electron chi connectivity index (χ0n) is 27.1. The first kappa shape index (κ1) is 34.7. The maximum atomic E-state index is 14.0. The molecule has 3 amide bonds. The molecule has 2 aromatic rings. The smallest absolute Gasteiger partial charge is 0.408 e. The highest BCUT2D eigenvalue weighted by Crippen LogP contribution is 2.30. The minimum Gasteiger partial charge on any atom is -0.444 e. The molecule has 0 heterocycles. The van der Waals surface area contributed by atoms with E-state index in [2.05, 4.69) is 5.32 Å². The van der Waals surface area contributed by atoms with E-state index in [1.807, 2.05) is 62.4 Å². The van der Waals surface area contributed by atoms with E-state index in [9.17, 15) is 19.2 Å². The Morgan fingerprint density at radius 1 is 0.932 bits per heavy atom. The Bertz CT molecular complexity index is 1280. The molecule has 1 atom stereocenters. The van der Waals surface area contributed by atoms with E-state index in [-0.39, 0.29) is 37.9 Å². The van der Waals surface area contributed by atoms with Gasteiger partial charge in [-0.3, -0.25) is 14.4 Å². The minimum absolute atomic E-state index is 0.0473. The van der Waals surface area contributed by atoms with E-state index in [4.69, 9.17) is 14.2 Å². The number of amides is 3. The Kier molecular flexibility index (Phi) is 12.5. The summed E-state index contributed by atoms with van der Waals surface area (Å²) in [5.41, 5.74) is 3.32. The van der Waals surface area contributed by atoms with E-state index in [1.54, 1.807) is 25.7 Å². The lowest BCUT2D eigenvalue weighted by molar-refractivity contribution is -0.149. The summed E-state index contributed by atoms with van der Waals surface area (Å²) in [4.78, 5) is 56.9. The number of aryl methyl sites for hydroxylation is 1. The van der Waals surface area contributed by atoms with Crippen molar-refractivity contribution in [3.63, 3.8) is 0 Å². The number of hydrogen-bond acceptors (Lipinski definition) is 7. The number of Topliss-reactive ketones (excluding diaryl/α,β-unsaturated/α-hetero) is 1. The van der Waals surface area contributed by atoms with E-state index in [0.29, 0.717) is 6.54 Å². The van der Waals surface area contributed by atoms with Gasteiger partial charge in [-0.1, -0.05) is 48.5 Å². The lowest BCUT2D eigenvalue weighted by Gasteiger charge is -2.31. The van der Waals surface area contributed by atoms with Crippen molar-refractivity contribution in [2.75, 3.05) is 20.8 Å². The van der Waals surface area contributed by atoms with Gasteiger partial charge in [0.05, 0.1) is 13.0 Å². The summed E-state index contributed by atoms with van der Waals surface area (Å²) in [5.74, 6) is -1.26. The van der Waals surface area contributed by atoms with Crippen LogP contribution in [0.15, 0.2) is 48.5 Å². The Balaban J connectivity index is 1.81. The van der Waals surface area contributed by atoms with E-state index in [0.717, 1.165) is 35.1 Å². The SMILES string of the molecule is COC(CN(Cc1ccccc1)C(=O)[C@@H](CC(=O)CC(=O)N(Cc1cccc(C)c1C)C1CC1)NC(=O)OC(C)(C)C)OC. The molecule has 10 heteroatoms. The summed E-state index contributed by atoms with van der Waals surface area (Å²) in [7, 11) is 2.93. The molecule has 1 aliphatic rings. The number of nitrogens with one attached hydrogen (secondary N) is 1. The lowest BCUT2D eigenvalue weighted by atomic mass is 10.0. The second-order valence-electron chi connectivity index (χ2n) is 12.3. The Labute approximate surface area is 261 Å². The molecule has 0 radical (unpaired) electrons. The predicted octanol–water partition coefficient (Wildman–Crippen LogP) is 4.68. The summed E-state index contributed by atoms with van der Waals surface area (Å²) >= 11 is 0. The van der Waals surface area contributed by atoms with Gasteiger partial charge < -0.3 is 29.3 Å². The van der Waals surface area contributed by atoms with Crippen LogP contribution in [-0.4, -0.2) is 78.2 Å². The monoisotopic (exact) mass is 609 g/mol. The van der Waals surface area contributed by atoms with Crippen LogP contribution in [0.1, 0.15) is 68.7 Å². The number of rotatable bonds is 15. The Morgan fingerprint density at radius 2 is 1.59 bits per heavy atom. The topological polar surface area (TPSA) is 114 Å². The number of hydrogen-bond donors (Lipinski definition) is 1. The van der Waals surface area contributed by atoms with Crippen molar-refractivity contribution < 1.29 is 33.4 Å². The van der Waals surface area contributed by atoms with Crippen LogP contribution in [0.4, 0.5) is 4.79 Å². The van der Waals surface area contributed by atoms with Crippen LogP contribution in [0.2, 0.25) is 0 Å². The predicted molar refractivity (Wildman–Crippen MR) is 167 cm³/mol. The zero-order chi connectivity index (χ0) is 32.4. The molecule has 1 saturated carbocycles. The van der Waals surface area contributed by atoms with Gasteiger partial charge in [0.25, 0.3) is 0 Å². The molecule has 1 fully saturated rings. The standard InChI is InChI=1S/C34H47N3O7/c1-23-12-11-15-26(24(23)2)21-37(27-16-17-27)30(39)19-28(38)18-29(35-33(41)44-34(3,4)5)32(40)36(22-31(42-6)43-7)20-25-13-9-8-10-14-25/h8-15,27,29,31H,16-22H2,1-7H3,(H,35,41)/t29-/m1/s1. The van der Waals surface area contributed by atoms with Crippen molar-refractivity contribution in [2.24, 2.45) is 0 Å². The van der Waals surface area contributed by atoms with Crippen molar-refractivity contribution in [1.29, 1.82) is 0 Å². The summed E-state index contributed by atoms with van der Waals surface area (Å²) in [6, 6.07) is 14.2. The fourth-order valence-electron chi connectivity index (χ4n) is 4.88. The molecule has 1 aliphatic carbocycles. The summed E-state index contributed by atoms with van der Waals surface area (Å²) in [5, 5.41) is 2.59. The summed E-state index contributed by atoms with van der Waals surface area (Å²) in [6.45, 7) is 9.84. The first-order valence-corrected chi connectivity index (χ1v) is 15.0. The summed E-state index contributed by atoms with van der Waals surface area (Å²) in [6.07, 6.45) is -0.541. The molecule has 0 saturated heterocycles. The second-order valence-corrected chi connectivity index (χ2v) is 12.3. The Morgan fingerprint density at radius 3 is 2.18 bits per heavy atom. The maximum absolute atomic E-state index is 14.0. The molecule has 0 unspecified atom stereocenters. The number of nitrogens with zero attached hydrogens (tertiary/aromatic N) is 2. The maximum Gasteiger partial charge on any atom is 0.408 e. The molecule has 2 aromatic carbocycles. The molecule has 1 N–H and O–H groups in total. The average Bonchev–Trinajstić information content (AvgIpc) is 3.80. The lowest BCUT2D eigenvalue weighted by Crippen LogP contribution is -2.52. The fraction of sp³-hybridized carbons (Fsp3) is 0.529. The quantitative estimate of drug-likeness (QED) is 0.230. The van der Waals surface area contributed by atoms with Crippen molar-refractivity contribution >= 4 is 23.7 Å². The van der Waals surface area contributed by atoms with E-state index < -0.39 is 35.7 Å². The number of ketones is 1. The second kappa shape index (κ2) is 15.8. The van der Waals surface area contributed by atoms with Crippen molar-refractivity contribution in [3.8, 4) is 0 Å². The molecule has 240 valence electrons. The number of benzene rings is 2. The van der Waals surface area contributed by atoms with Gasteiger partial charge in [0.1, 0.15) is 17.4 Å². The van der Waals surface area contributed by atoms with Crippen LogP contribution in [-0.2, 0) is 41.7 Å². The molecular formula is C34H47N3O7. The van der Waals surface area contributed by atoms with Gasteiger partial charge in [0, 0.05) is 39.8 Å². The van der Waals surface area contributed by atoms with Crippen molar-refractivity contribution in [1.82, 2.24) is 15.1 Å². The van der Waals surface area contributed by atoms with Gasteiger partial charge in [-0.2, -0.15) is 0 Å². The Hall–Kier alpha value is -3.76. The van der Waals surface area contributed by atoms with Crippen LogP contribution in [0.25, 0.3) is 0 Å². The number of methoxy groups -OCH3 is 2. The largest absolute Gasteiger partial charge is 0.444 e. The zero-order valence-corrected chi connectivity index (χ0v) is 27.1. The molecule has 0 aromatic heterocycles. The first-order chi connectivity index (χ1) is 20.8. The molecule has 3 rings (SSSR count). The van der Waals surface area contributed by atoms with Crippen LogP contribution >= 0.6 is 0 Å². The van der Waals surface area contributed by atoms with Gasteiger partial charge in [0.2, 0.25) is 11.8 Å². The molecule has 0 aliphatic heterocycles. The highest BCUT2D eigenvalue weighted by molar-refractivity contribution is 6.01. The average molecular weight is 610 g/mol. The van der Waals surface area contributed by atoms with Crippen LogP contribution in [0.5, 0.6) is 0 Å². The molecule has 44 heavy (non-hydrogen) atoms. The normalized spacial score (nSPS) is 13.7. The van der Waals surface area contributed by atoms with Crippen molar-refractivity contribution in [3.05, 3.63) is 70.8 Å². The molecule has 0 spiro atoms. The number of ether oxygens (including phenoxy) is 3. The third-order valence-electron chi connectivity index (χ3n) is 7.56.